The van der Waals surface area contributed by atoms with Crippen LogP contribution in [0.1, 0.15) is 28.9 Å². The third-order valence-electron chi connectivity index (χ3n) is 3.54. The summed E-state index contributed by atoms with van der Waals surface area (Å²) in [6, 6.07) is 5.90. The van der Waals surface area contributed by atoms with Crippen molar-refractivity contribution in [3.05, 3.63) is 27.5 Å². The Bertz CT molecular complexity index is 632. The van der Waals surface area contributed by atoms with Crippen LogP contribution in [0.4, 0.5) is 5.69 Å². The van der Waals surface area contributed by atoms with Crippen molar-refractivity contribution < 1.29 is 4.79 Å². The largest absolute Gasteiger partial charge is 0.397 e. The lowest BCUT2D eigenvalue weighted by Gasteiger charge is -2.26. The van der Waals surface area contributed by atoms with Gasteiger partial charge < -0.3 is 10.6 Å². The topological polar surface area (TPSA) is 46.3 Å². The Morgan fingerprint density at radius 3 is 2.68 bits per heavy atom. The molecule has 2 aromatic rings. The maximum atomic E-state index is 12.5. The van der Waals surface area contributed by atoms with Gasteiger partial charge in [-0.25, -0.2) is 0 Å². The van der Waals surface area contributed by atoms with Gasteiger partial charge in [-0.2, -0.15) is 0 Å². The number of anilines is 1. The van der Waals surface area contributed by atoms with Gasteiger partial charge in [0.15, 0.2) is 0 Å². The van der Waals surface area contributed by atoms with Crippen LogP contribution in [0.2, 0.25) is 0 Å². The van der Waals surface area contributed by atoms with Crippen molar-refractivity contribution in [2.24, 2.45) is 0 Å². The second-order valence-corrected chi connectivity index (χ2v) is 6.69. The molecule has 0 bridgehead atoms. The quantitative estimate of drug-likeness (QED) is 0.857. The van der Waals surface area contributed by atoms with E-state index >= 15 is 0 Å². The number of hydrogen-bond acceptors (Lipinski definition) is 3. The molecule has 3 nitrogen and oxygen atoms in total. The molecule has 2 N–H and O–H groups in total. The maximum absolute atomic E-state index is 12.5. The Labute approximate surface area is 124 Å². The van der Waals surface area contributed by atoms with Crippen LogP contribution in [0.3, 0.4) is 0 Å². The van der Waals surface area contributed by atoms with Gasteiger partial charge in [0, 0.05) is 22.9 Å². The van der Waals surface area contributed by atoms with Crippen LogP contribution in [0.5, 0.6) is 0 Å². The van der Waals surface area contributed by atoms with Crippen LogP contribution in [0, 0.1) is 0 Å². The third-order valence-corrected chi connectivity index (χ3v) is 5.71. The van der Waals surface area contributed by atoms with Crippen LogP contribution in [0.15, 0.2) is 22.7 Å². The fourth-order valence-corrected chi connectivity index (χ4v) is 4.21. The summed E-state index contributed by atoms with van der Waals surface area (Å²) in [4.78, 5) is 15.2. The third kappa shape index (κ3) is 2.25. The second kappa shape index (κ2) is 5.13. The van der Waals surface area contributed by atoms with Crippen molar-refractivity contribution in [2.75, 3.05) is 18.8 Å². The number of nitrogens with two attached hydrogens (primary N) is 1. The highest BCUT2D eigenvalue weighted by molar-refractivity contribution is 9.10. The number of nitrogen functional groups attached to an aromatic ring is 1. The molecule has 1 fully saturated rings. The number of thiophene rings is 1. The van der Waals surface area contributed by atoms with E-state index in [1.165, 1.54) is 17.8 Å². The Hall–Kier alpha value is -1.07. The molecule has 19 heavy (non-hydrogen) atoms. The fraction of sp³-hybridized carbons (Fsp3) is 0.357. The number of rotatable bonds is 1. The highest BCUT2D eigenvalue weighted by atomic mass is 79.9. The van der Waals surface area contributed by atoms with Gasteiger partial charge in [0.05, 0.1) is 10.4 Å². The first-order valence-electron chi connectivity index (χ1n) is 6.44. The molecule has 0 saturated carbocycles. The second-order valence-electron chi connectivity index (χ2n) is 4.81. The van der Waals surface area contributed by atoms with Gasteiger partial charge in [0.1, 0.15) is 4.88 Å². The van der Waals surface area contributed by atoms with Crippen molar-refractivity contribution in [3.63, 3.8) is 0 Å². The number of likely N-dealkylation sites (tertiary alicyclic amines) is 1. The number of benzene rings is 1. The summed E-state index contributed by atoms with van der Waals surface area (Å²) in [5.41, 5.74) is 6.78. The molecule has 1 aliphatic rings. The van der Waals surface area contributed by atoms with Crippen LogP contribution in [0.25, 0.3) is 10.1 Å². The molecular formula is C14H15BrN2OS. The zero-order chi connectivity index (χ0) is 13.4. The van der Waals surface area contributed by atoms with Gasteiger partial charge in [-0.15, -0.1) is 11.3 Å². The van der Waals surface area contributed by atoms with E-state index in [0.717, 1.165) is 40.5 Å². The highest BCUT2D eigenvalue weighted by Gasteiger charge is 2.23. The summed E-state index contributed by atoms with van der Waals surface area (Å²) in [6.07, 6.45) is 3.41. The number of piperidine rings is 1. The lowest BCUT2D eigenvalue weighted by molar-refractivity contribution is 0.0730. The molecule has 0 unspecified atom stereocenters. The van der Waals surface area contributed by atoms with E-state index in [-0.39, 0.29) is 5.91 Å². The van der Waals surface area contributed by atoms with Crippen LogP contribution >= 0.6 is 27.3 Å². The average Bonchev–Trinajstić information content (AvgIpc) is 2.78. The summed E-state index contributed by atoms with van der Waals surface area (Å²) in [5, 5.41) is 0.972. The van der Waals surface area contributed by atoms with Crippen LogP contribution in [-0.4, -0.2) is 23.9 Å². The van der Waals surface area contributed by atoms with E-state index in [9.17, 15) is 4.79 Å². The maximum Gasteiger partial charge on any atom is 0.266 e. The molecule has 1 amide bonds. The minimum absolute atomic E-state index is 0.0882. The minimum atomic E-state index is 0.0882. The van der Waals surface area contributed by atoms with Crippen molar-refractivity contribution >= 4 is 48.9 Å². The van der Waals surface area contributed by atoms with E-state index in [1.807, 2.05) is 23.1 Å². The Morgan fingerprint density at radius 1 is 1.26 bits per heavy atom. The first-order valence-corrected chi connectivity index (χ1v) is 8.05. The van der Waals surface area contributed by atoms with Gasteiger partial charge in [0.2, 0.25) is 0 Å². The number of fused-ring (bicyclic) bond motifs is 1. The smallest absolute Gasteiger partial charge is 0.266 e. The molecule has 0 aliphatic carbocycles. The normalized spacial score (nSPS) is 15.9. The minimum Gasteiger partial charge on any atom is -0.397 e. The number of nitrogens with zero attached hydrogens (tertiary/aromatic N) is 1. The van der Waals surface area contributed by atoms with Crippen molar-refractivity contribution in [1.82, 2.24) is 4.90 Å². The van der Waals surface area contributed by atoms with E-state index in [1.54, 1.807) is 0 Å². The zero-order valence-corrected chi connectivity index (χ0v) is 12.9. The molecule has 0 radical (unpaired) electrons. The summed E-state index contributed by atoms with van der Waals surface area (Å²) >= 11 is 5.01. The van der Waals surface area contributed by atoms with Gasteiger partial charge in [-0.3, -0.25) is 4.79 Å². The Morgan fingerprint density at radius 2 is 2.00 bits per heavy atom. The monoisotopic (exact) mass is 338 g/mol. The number of amides is 1. The molecule has 1 saturated heterocycles. The molecule has 2 heterocycles. The van der Waals surface area contributed by atoms with E-state index in [4.69, 9.17) is 5.73 Å². The first kappa shape index (κ1) is 12.9. The van der Waals surface area contributed by atoms with Crippen LogP contribution < -0.4 is 5.73 Å². The Balaban J connectivity index is 2.02. The zero-order valence-electron chi connectivity index (χ0n) is 10.5. The highest BCUT2D eigenvalue weighted by Crippen LogP contribution is 2.38. The molecule has 1 aromatic heterocycles. The molecule has 100 valence electrons. The molecule has 5 heteroatoms. The fourth-order valence-electron chi connectivity index (χ4n) is 2.50. The molecule has 1 aliphatic heterocycles. The van der Waals surface area contributed by atoms with Gasteiger partial charge in [-0.1, -0.05) is 12.1 Å². The molecule has 1 aromatic carbocycles. The summed E-state index contributed by atoms with van der Waals surface area (Å²) < 4.78 is 2.06. The summed E-state index contributed by atoms with van der Waals surface area (Å²) in [5.74, 6) is 0.0882. The lowest BCUT2D eigenvalue weighted by Crippen LogP contribution is -2.35. The van der Waals surface area contributed by atoms with Crippen molar-refractivity contribution in [2.45, 2.75) is 19.3 Å². The van der Waals surface area contributed by atoms with Crippen LogP contribution in [-0.2, 0) is 0 Å². The SMILES string of the molecule is Nc1c(C(=O)N2CCCCC2)sc2c(Br)cccc12. The van der Waals surface area contributed by atoms with E-state index in [2.05, 4.69) is 15.9 Å². The number of carbonyl (C=O) groups excluding carboxylic acids is 1. The molecule has 0 atom stereocenters. The predicted octanol–water partition coefficient (Wildman–Crippen LogP) is 3.87. The van der Waals surface area contributed by atoms with Gasteiger partial charge >= 0.3 is 0 Å². The van der Waals surface area contributed by atoms with Crippen molar-refractivity contribution in [3.8, 4) is 0 Å². The van der Waals surface area contributed by atoms with E-state index in [0.29, 0.717) is 10.6 Å². The summed E-state index contributed by atoms with van der Waals surface area (Å²) in [7, 11) is 0. The molecular weight excluding hydrogens is 324 g/mol. The predicted molar refractivity (Wildman–Crippen MR) is 83.7 cm³/mol. The average molecular weight is 339 g/mol. The lowest BCUT2D eigenvalue weighted by atomic mass is 10.1. The number of hydrogen-bond donors (Lipinski definition) is 1. The molecule has 0 spiro atoms. The van der Waals surface area contributed by atoms with E-state index < -0.39 is 0 Å². The standard InChI is InChI=1S/C14H15BrN2OS/c15-10-6-4-5-9-11(16)13(19-12(9)10)14(18)17-7-2-1-3-8-17/h4-6H,1-3,7-8,16H2. The summed E-state index contributed by atoms with van der Waals surface area (Å²) in [6.45, 7) is 1.71. The number of carbonyl (C=O) groups is 1. The first-order chi connectivity index (χ1) is 9.18. The van der Waals surface area contributed by atoms with Crippen molar-refractivity contribution in [1.29, 1.82) is 0 Å². The van der Waals surface area contributed by atoms with Gasteiger partial charge in [0.25, 0.3) is 5.91 Å². The van der Waals surface area contributed by atoms with Gasteiger partial charge in [-0.05, 0) is 41.3 Å². The molecule has 3 rings (SSSR count). The Kier molecular flexibility index (Phi) is 3.50. The number of halogens is 1.